The molecule has 10 nitrogen and oxygen atoms in total. The van der Waals surface area contributed by atoms with Gasteiger partial charge in [-0.25, -0.2) is 19.4 Å². The zero-order valence-electron chi connectivity index (χ0n) is 26.9. The summed E-state index contributed by atoms with van der Waals surface area (Å²) in [6.07, 6.45) is -0.100. The van der Waals surface area contributed by atoms with Crippen molar-refractivity contribution < 1.29 is 28.6 Å². The Kier molecular flexibility index (Phi) is 10.0. The molecule has 0 saturated carbocycles. The van der Waals surface area contributed by atoms with E-state index in [-0.39, 0.29) is 5.96 Å². The first kappa shape index (κ1) is 33.3. The second-order valence-corrected chi connectivity index (χ2v) is 13.6. The third-order valence-corrected chi connectivity index (χ3v) is 5.84. The fourth-order valence-corrected chi connectivity index (χ4v) is 4.35. The Morgan fingerprint density at radius 2 is 1.19 bits per heavy atom. The molecule has 0 spiro atoms. The molecular formula is C33H44N4O6. The molecule has 3 amide bonds. The van der Waals surface area contributed by atoms with Gasteiger partial charge in [0.15, 0.2) is 0 Å². The molecule has 2 aromatic carbocycles. The molecule has 3 rings (SSSR count). The molecule has 0 atom stereocenters. The van der Waals surface area contributed by atoms with E-state index in [1.165, 1.54) is 11.1 Å². The lowest BCUT2D eigenvalue weighted by Crippen LogP contribution is -2.47. The van der Waals surface area contributed by atoms with Crippen LogP contribution in [0, 0.1) is 0 Å². The first-order chi connectivity index (χ1) is 19.7. The predicted octanol–water partition coefficient (Wildman–Crippen LogP) is 7.16. The quantitative estimate of drug-likeness (QED) is 0.189. The van der Waals surface area contributed by atoms with E-state index < -0.39 is 35.1 Å². The molecule has 0 fully saturated rings. The van der Waals surface area contributed by atoms with Crippen molar-refractivity contribution >= 4 is 35.6 Å². The normalized spacial score (nSPS) is 13.2. The maximum absolute atomic E-state index is 12.5. The Labute approximate surface area is 254 Å². The lowest BCUT2D eigenvalue weighted by Gasteiger charge is -2.22. The summed E-state index contributed by atoms with van der Waals surface area (Å²) in [7, 11) is 0. The predicted molar refractivity (Wildman–Crippen MR) is 167 cm³/mol. The lowest BCUT2D eigenvalue weighted by atomic mass is 9.84. The Balaban J connectivity index is 1.78. The first-order valence-corrected chi connectivity index (χ1v) is 14.3. The van der Waals surface area contributed by atoms with Crippen LogP contribution in [0.25, 0.3) is 0 Å². The number of carbonyl (C=O) groups is 3. The average molecular weight is 593 g/mol. The summed E-state index contributed by atoms with van der Waals surface area (Å²) < 4.78 is 16.0. The molecule has 0 aliphatic heterocycles. The van der Waals surface area contributed by atoms with Crippen molar-refractivity contribution in [3.05, 3.63) is 64.2 Å². The number of amides is 3. The summed E-state index contributed by atoms with van der Waals surface area (Å²) in [6.45, 7) is 17.7. The van der Waals surface area contributed by atoms with Gasteiger partial charge < -0.3 is 14.2 Å². The summed E-state index contributed by atoms with van der Waals surface area (Å²) in [6, 6.07) is 12.1. The van der Waals surface area contributed by atoms with E-state index in [0.29, 0.717) is 24.2 Å². The zero-order chi connectivity index (χ0) is 32.2. The number of nitrogens with zero attached hydrogens (tertiary/aromatic N) is 2. The number of guanidine groups is 1. The van der Waals surface area contributed by atoms with Crippen LogP contribution in [0.3, 0.4) is 0 Å². The van der Waals surface area contributed by atoms with Crippen LogP contribution >= 0.6 is 0 Å². The molecule has 0 aromatic heterocycles. The highest BCUT2D eigenvalue weighted by atomic mass is 16.6. The highest BCUT2D eigenvalue weighted by Gasteiger charge is 2.22. The van der Waals surface area contributed by atoms with E-state index in [9.17, 15) is 14.4 Å². The molecule has 0 saturated heterocycles. The van der Waals surface area contributed by atoms with Gasteiger partial charge in [-0.1, -0.05) is 24.3 Å². The third kappa shape index (κ3) is 11.5. The van der Waals surface area contributed by atoms with Crippen LogP contribution in [0.4, 0.5) is 20.1 Å². The number of rotatable bonds is 3. The second kappa shape index (κ2) is 13.0. The number of nitrogens with one attached hydrogen (secondary N) is 2. The van der Waals surface area contributed by atoms with Gasteiger partial charge in [-0.3, -0.25) is 10.6 Å². The van der Waals surface area contributed by atoms with Crippen molar-refractivity contribution in [2.45, 2.75) is 105 Å². The van der Waals surface area contributed by atoms with Crippen molar-refractivity contribution in [2.75, 3.05) is 0 Å². The molecule has 2 aromatic rings. The first-order valence-electron chi connectivity index (χ1n) is 14.3. The van der Waals surface area contributed by atoms with Crippen LogP contribution in [0.15, 0.2) is 46.4 Å². The number of ether oxygens (including phenoxy) is 3. The Bertz CT molecular complexity index is 1410. The largest absolute Gasteiger partial charge is 0.444 e. The van der Waals surface area contributed by atoms with Crippen molar-refractivity contribution in [1.29, 1.82) is 0 Å². The molecule has 1 aliphatic carbocycles. The van der Waals surface area contributed by atoms with Crippen LogP contribution in [-0.4, -0.2) is 46.8 Å². The van der Waals surface area contributed by atoms with Gasteiger partial charge in [0.2, 0.25) is 5.96 Å². The number of hydrogen-bond acceptors (Lipinski definition) is 7. The van der Waals surface area contributed by atoms with Crippen LogP contribution in [0.1, 0.15) is 97.1 Å². The summed E-state index contributed by atoms with van der Waals surface area (Å²) in [5.41, 5.74) is 4.91. The van der Waals surface area contributed by atoms with Gasteiger partial charge in [-0.2, -0.15) is 4.99 Å². The van der Waals surface area contributed by atoms with Crippen LogP contribution < -0.4 is 10.6 Å². The average Bonchev–Trinajstić information content (AvgIpc) is 2.78. The molecular weight excluding hydrogens is 548 g/mol. The summed E-state index contributed by atoms with van der Waals surface area (Å²) in [4.78, 5) is 45.6. The molecule has 232 valence electrons. The number of benzene rings is 2. The molecule has 1 aliphatic rings. The third-order valence-electron chi connectivity index (χ3n) is 5.84. The molecule has 43 heavy (non-hydrogen) atoms. The van der Waals surface area contributed by atoms with Crippen molar-refractivity contribution in [3.8, 4) is 0 Å². The molecule has 10 heteroatoms. The molecule has 0 unspecified atom stereocenters. The number of alkyl carbamates (subject to hydrolysis) is 2. The Morgan fingerprint density at radius 1 is 0.698 bits per heavy atom. The number of aliphatic imine (C=N–C) groups is 2. The monoisotopic (exact) mass is 592 g/mol. The van der Waals surface area contributed by atoms with Crippen molar-refractivity contribution in [3.63, 3.8) is 0 Å². The molecule has 0 bridgehead atoms. The van der Waals surface area contributed by atoms with Gasteiger partial charge in [0.05, 0.1) is 5.69 Å². The number of fused-ring (bicyclic) bond motifs is 2. The minimum absolute atomic E-state index is 0.104. The topological polar surface area (TPSA) is 128 Å². The SMILES string of the molecule is CC(Cc1ccc2c(c1)Cc1ccc(N=C(NC(=O)OC(C)(C)C)NC(=O)OC(C)(C)C)cc1C2)=NC(=O)OC(C)(C)C. The van der Waals surface area contributed by atoms with Crippen LogP contribution in [-0.2, 0) is 33.5 Å². The highest BCUT2D eigenvalue weighted by Crippen LogP contribution is 2.31. The van der Waals surface area contributed by atoms with Gasteiger partial charge in [-0.15, -0.1) is 0 Å². The zero-order valence-corrected chi connectivity index (χ0v) is 26.9. The maximum atomic E-state index is 12.5. The second-order valence-electron chi connectivity index (χ2n) is 13.6. The van der Waals surface area contributed by atoms with Gasteiger partial charge in [-0.05, 0) is 122 Å². The molecule has 0 radical (unpaired) electrons. The van der Waals surface area contributed by atoms with E-state index in [1.807, 2.05) is 52.0 Å². The molecule has 2 N–H and O–H groups in total. The van der Waals surface area contributed by atoms with Gasteiger partial charge in [0.25, 0.3) is 0 Å². The smallest absolute Gasteiger partial charge is 0.434 e. The van der Waals surface area contributed by atoms with E-state index in [1.54, 1.807) is 41.5 Å². The summed E-state index contributed by atoms with van der Waals surface area (Å²) in [5, 5.41) is 5.03. The minimum Gasteiger partial charge on any atom is -0.444 e. The Hall–Kier alpha value is -4.21. The number of carbonyl (C=O) groups excluding carboxylic acids is 3. The lowest BCUT2D eigenvalue weighted by molar-refractivity contribution is 0.0541. The Morgan fingerprint density at radius 3 is 1.70 bits per heavy atom. The van der Waals surface area contributed by atoms with Crippen molar-refractivity contribution in [2.24, 2.45) is 9.98 Å². The highest BCUT2D eigenvalue weighted by molar-refractivity contribution is 6.02. The maximum Gasteiger partial charge on any atom is 0.434 e. The van der Waals surface area contributed by atoms with E-state index in [0.717, 1.165) is 23.1 Å². The summed E-state index contributed by atoms with van der Waals surface area (Å²) >= 11 is 0. The number of hydrogen-bond donors (Lipinski definition) is 2. The van der Waals surface area contributed by atoms with Crippen LogP contribution in [0.2, 0.25) is 0 Å². The van der Waals surface area contributed by atoms with Crippen LogP contribution in [0.5, 0.6) is 0 Å². The van der Waals surface area contributed by atoms with Gasteiger partial charge in [0, 0.05) is 12.1 Å². The van der Waals surface area contributed by atoms with E-state index in [4.69, 9.17) is 14.2 Å². The summed E-state index contributed by atoms with van der Waals surface area (Å²) in [5.74, 6) is -0.104. The standard InChI is InChI=1S/C33H44N4O6/c1-20(34-28(38)41-31(2,3)4)15-21-11-12-22-18-25-19-26(14-13-23(25)17-24(22)16-21)35-27(36-29(39)42-32(5,6)7)37-30(40)43-33(8,9)10/h11-14,16,19H,15,17-18H2,1-10H3,(H2,35,36,37,39,40). The van der Waals surface area contributed by atoms with E-state index >= 15 is 0 Å². The minimum atomic E-state index is -0.753. The van der Waals surface area contributed by atoms with Gasteiger partial charge in [0.1, 0.15) is 16.8 Å². The van der Waals surface area contributed by atoms with Gasteiger partial charge >= 0.3 is 18.3 Å². The fraction of sp³-hybridized carbons (Fsp3) is 0.485. The van der Waals surface area contributed by atoms with E-state index in [2.05, 4.69) is 32.8 Å². The molecule has 0 heterocycles. The van der Waals surface area contributed by atoms with Crippen molar-refractivity contribution in [1.82, 2.24) is 10.6 Å². The fourth-order valence-electron chi connectivity index (χ4n) is 4.35.